The summed E-state index contributed by atoms with van der Waals surface area (Å²) in [7, 11) is 1.29. The number of nitrogens with zero attached hydrogens (tertiary/aromatic N) is 2. The molecular weight excluding hydrogens is 222 g/mol. The Kier molecular flexibility index (Phi) is 4.25. The van der Waals surface area contributed by atoms with Crippen molar-refractivity contribution in [2.24, 2.45) is 0 Å². The predicted molar refractivity (Wildman–Crippen MR) is 61.6 cm³/mol. The van der Waals surface area contributed by atoms with E-state index in [-0.39, 0.29) is 24.2 Å². The second-order valence-corrected chi connectivity index (χ2v) is 3.99. The first-order chi connectivity index (χ1) is 7.95. The maximum absolute atomic E-state index is 11.6. The second-order valence-electron chi connectivity index (χ2n) is 3.99. The van der Waals surface area contributed by atoms with E-state index >= 15 is 0 Å². The van der Waals surface area contributed by atoms with Crippen LogP contribution in [0.1, 0.15) is 30.2 Å². The van der Waals surface area contributed by atoms with Gasteiger partial charge in [-0.05, 0) is 20.8 Å². The SMILES string of the molecule is COC(=O)c1cnc(C)n1CC(=O)NC(C)C. The molecule has 0 aliphatic heterocycles. The Balaban J connectivity index is 2.86. The van der Waals surface area contributed by atoms with Crippen molar-refractivity contribution in [2.75, 3.05) is 7.11 Å². The molecule has 1 aromatic heterocycles. The third-order valence-corrected chi connectivity index (χ3v) is 2.20. The minimum absolute atomic E-state index is 0.0629. The molecule has 17 heavy (non-hydrogen) atoms. The molecule has 94 valence electrons. The number of aryl methyl sites for hydroxylation is 1. The predicted octanol–water partition coefficient (Wildman–Crippen LogP) is 0.503. The molecule has 0 unspecified atom stereocenters. The number of hydrogen-bond donors (Lipinski definition) is 1. The lowest BCUT2D eigenvalue weighted by molar-refractivity contribution is -0.122. The van der Waals surface area contributed by atoms with Crippen molar-refractivity contribution >= 4 is 11.9 Å². The third-order valence-electron chi connectivity index (χ3n) is 2.20. The highest BCUT2D eigenvalue weighted by Crippen LogP contribution is 2.06. The first-order valence-corrected chi connectivity index (χ1v) is 5.35. The molecule has 0 fully saturated rings. The number of carbonyl (C=O) groups excluding carboxylic acids is 2. The lowest BCUT2D eigenvalue weighted by Gasteiger charge is -2.11. The van der Waals surface area contributed by atoms with Crippen molar-refractivity contribution in [3.8, 4) is 0 Å². The molecule has 0 saturated heterocycles. The van der Waals surface area contributed by atoms with Crippen molar-refractivity contribution in [1.82, 2.24) is 14.9 Å². The van der Waals surface area contributed by atoms with Gasteiger partial charge in [0.15, 0.2) is 0 Å². The summed E-state index contributed by atoms with van der Waals surface area (Å²) in [5.41, 5.74) is 0.281. The van der Waals surface area contributed by atoms with Crippen LogP contribution < -0.4 is 5.32 Å². The van der Waals surface area contributed by atoms with Gasteiger partial charge in [0.2, 0.25) is 5.91 Å². The van der Waals surface area contributed by atoms with E-state index in [4.69, 9.17) is 0 Å². The molecular formula is C11H17N3O3. The number of amides is 1. The Morgan fingerprint density at radius 2 is 2.18 bits per heavy atom. The number of aromatic nitrogens is 2. The molecule has 0 radical (unpaired) electrons. The van der Waals surface area contributed by atoms with Crippen LogP contribution in [0, 0.1) is 6.92 Å². The van der Waals surface area contributed by atoms with E-state index < -0.39 is 5.97 Å². The van der Waals surface area contributed by atoms with E-state index in [1.54, 1.807) is 6.92 Å². The second kappa shape index (κ2) is 5.47. The third kappa shape index (κ3) is 3.30. The Labute approximate surface area is 100.0 Å². The van der Waals surface area contributed by atoms with Gasteiger partial charge >= 0.3 is 5.97 Å². The van der Waals surface area contributed by atoms with Gasteiger partial charge in [0.05, 0.1) is 13.3 Å². The summed E-state index contributed by atoms with van der Waals surface area (Å²) in [4.78, 5) is 27.1. The van der Waals surface area contributed by atoms with Gasteiger partial charge in [-0.2, -0.15) is 0 Å². The summed E-state index contributed by atoms with van der Waals surface area (Å²) in [6, 6.07) is 0.0629. The van der Waals surface area contributed by atoms with Gasteiger partial charge in [-0.1, -0.05) is 0 Å². The highest BCUT2D eigenvalue weighted by molar-refractivity contribution is 5.88. The molecule has 6 heteroatoms. The van der Waals surface area contributed by atoms with Crippen LogP contribution in [0.5, 0.6) is 0 Å². The lowest BCUT2D eigenvalue weighted by atomic mass is 10.3. The van der Waals surface area contributed by atoms with Gasteiger partial charge < -0.3 is 14.6 Å². The van der Waals surface area contributed by atoms with Crippen molar-refractivity contribution in [3.05, 3.63) is 17.7 Å². The number of nitrogens with one attached hydrogen (secondary N) is 1. The largest absolute Gasteiger partial charge is 0.464 e. The molecule has 1 rings (SSSR count). The summed E-state index contributed by atoms with van der Waals surface area (Å²) >= 11 is 0. The first-order valence-electron chi connectivity index (χ1n) is 5.35. The van der Waals surface area contributed by atoms with Gasteiger partial charge in [0.1, 0.15) is 18.1 Å². The summed E-state index contributed by atoms with van der Waals surface area (Å²) in [6.45, 7) is 5.54. The van der Waals surface area contributed by atoms with Gasteiger partial charge in [0.25, 0.3) is 0 Å². The van der Waals surface area contributed by atoms with Crippen molar-refractivity contribution in [2.45, 2.75) is 33.4 Å². The lowest BCUT2D eigenvalue weighted by Crippen LogP contribution is -2.34. The molecule has 0 spiro atoms. The maximum atomic E-state index is 11.6. The van der Waals surface area contributed by atoms with Crippen LogP contribution in [0.3, 0.4) is 0 Å². The zero-order chi connectivity index (χ0) is 13.0. The highest BCUT2D eigenvalue weighted by atomic mass is 16.5. The van der Waals surface area contributed by atoms with Crippen LogP contribution in [0.25, 0.3) is 0 Å². The number of hydrogen-bond acceptors (Lipinski definition) is 4. The van der Waals surface area contributed by atoms with E-state index in [9.17, 15) is 9.59 Å². The summed E-state index contributed by atoms with van der Waals surface area (Å²) < 4.78 is 6.15. The van der Waals surface area contributed by atoms with Crippen LogP contribution in [-0.2, 0) is 16.1 Å². The summed E-state index contributed by atoms with van der Waals surface area (Å²) in [6.07, 6.45) is 1.41. The van der Waals surface area contributed by atoms with E-state index in [2.05, 4.69) is 15.0 Å². The minimum atomic E-state index is -0.497. The Hall–Kier alpha value is -1.85. The maximum Gasteiger partial charge on any atom is 0.356 e. The smallest absolute Gasteiger partial charge is 0.356 e. The van der Waals surface area contributed by atoms with Crippen LogP contribution in [-0.4, -0.2) is 34.6 Å². The molecule has 1 heterocycles. The standard InChI is InChI=1S/C11H17N3O3/c1-7(2)13-10(15)6-14-8(3)12-5-9(14)11(16)17-4/h5,7H,6H2,1-4H3,(H,13,15). The summed E-state index contributed by atoms with van der Waals surface area (Å²) in [5.74, 6) is -0.0569. The van der Waals surface area contributed by atoms with Crippen LogP contribution in [0.15, 0.2) is 6.20 Å². The fourth-order valence-corrected chi connectivity index (χ4v) is 1.45. The monoisotopic (exact) mass is 239 g/mol. The van der Waals surface area contributed by atoms with Crippen LogP contribution in [0.2, 0.25) is 0 Å². The average Bonchev–Trinajstić information content (AvgIpc) is 2.58. The fraction of sp³-hybridized carbons (Fsp3) is 0.545. The molecule has 0 bridgehead atoms. The van der Waals surface area contributed by atoms with E-state index in [0.29, 0.717) is 5.82 Å². The van der Waals surface area contributed by atoms with Crippen LogP contribution >= 0.6 is 0 Å². The molecule has 0 aromatic carbocycles. The number of esters is 1. The average molecular weight is 239 g/mol. The Morgan fingerprint density at radius 3 is 2.71 bits per heavy atom. The van der Waals surface area contributed by atoms with Gasteiger partial charge in [0, 0.05) is 6.04 Å². The molecule has 0 aliphatic rings. The van der Waals surface area contributed by atoms with E-state index in [0.717, 1.165) is 0 Å². The normalized spacial score (nSPS) is 10.4. The Bertz CT molecular complexity index is 424. The molecule has 1 aromatic rings. The molecule has 0 aliphatic carbocycles. The quantitative estimate of drug-likeness (QED) is 0.777. The number of methoxy groups -OCH3 is 1. The zero-order valence-corrected chi connectivity index (χ0v) is 10.5. The molecule has 6 nitrogen and oxygen atoms in total. The number of imidazole rings is 1. The van der Waals surface area contributed by atoms with E-state index in [1.807, 2.05) is 13.8 Å². The van der Waals surface area contributed by atoms with Gasteiger partial charge in [-0.25, -0.2) is 9.78 Å². The van der Waals surface area contributed by atoms with Gasteiger partial charge in [-0.3, -0.25) is 4.79 Å². The highest BCUT2D eigenvalue weighted by Gasteiger charge is 2.17. The molecule has 0 saturated carbocycles. The Morgan fingerprint density at radius 1 is 1.53 bits per heavy atom. The first kappa shape index (κ1) is 13.2. The van der Waals surface area contributed by atoms with Crippen molar-refractivity contribution in [1.29, 1.82) is 0 Å². The number of carbonyl (C=O) groups is 2. The number of ether oxygens (including phenoxy) is 1. The van der Waals surface area contributed by atoms with Crippen LogP contribution in [0.4, 0.5) is 0 Å². The minimum Gasteiger partial charge on any atom is -0.464 e. The zero-order valence-electron chi connectivity index (χ0n) is 10.5. The molecule has 1 amide bonds. The van der Waals surface area contributed by atoms with Crippen molar-refractivity contribution in [3.63, 3.8) is 0 Å². The molecule has 1 N–H and O–H groups in total. The van der Waals surface area contributed by atoms with E-state index in [1.165, 1.54) is 17.9 Å². The number of rotatable bonds is 4. The van der Waals surface area contributed by atoms with Crippen molar-refractivity contribution < 1.29 is 14.3 Å². The molecule has 0 atom stereocenters. The van der Waals surface area contributed by atoms with Gasteiger partial charge in [-0.15, -0.1) is 0 Å². The fourth-order valence-electron chi connectivity index (χ4n) is 1.45. The summed E-state index contributed by atoms with van der Waals surface area (Å²) in [5, 5.41) is 2.75. The topological polar surface area (TPSA) is 73.2 Å².